The molecule has 1 aromatic rings. The zero-order valence-electron chi connectivity index (χ0n) is 9.48. The van der Waals surface area contributed by atoms with E-state index in [4.69, 9.17) is 4.74 Å². The van der Waals surface area contributed by atoms with Crippen LogP contribution >= 0.6 is 0 Å². The Morgan fingerprint density at radius 2 is 2.12 bits per heavy atom. The minimum atomic E-state index is -0.254. The second-order valence-corrected chi connectivity index (χ2v) is 5.00. The van der Waals surface area contributed by atoms with Crippen LogP contribution in [0.5, 0.6) is 5.75 Å². The molecule has 1 fully saturated rings. The lowest BCUT2D eigenvalue weighted by Gasteiger charge is -2.08. The van der Waals surface area contributed by atoms with E-state index < -0.39 is 0 Å². The monoisotopic (exact) mass is 218 g/mol. The topological polar surface area (TPSA) is 29.5 Å². The van der Waals surface area contributed by atoms with Gasteiger partial charge in [0.25, 0.3) is 0 Å². The molecule has 2 heteroatoms. The molecule has 1 N–H and O–H groups in total. The lowest BCUT2D eigenvalue weighted by atomic mass is 10.1. The van der Waals surface area contributed by atoms with Crippen LogP contribution in [0.3, 0.4) is 0 Å². The molecule has 1 aromatic carbocycles. The van der Waals surface area contributed by atoms with Crippen LogP contribution in [-0.2, 0) is 6.42 Å². The number of ether oxygens (including phenoxy) is 1. The van der Waals surface area contributed by atoms with Gasteiger partial charge in [-0.05, 0) is 48.4 Å². The Balaban J connectivity index is 1.62. The number of rotatable bonds is 4. The summed E-state index contributed by atoms with van der Waals surface area (Å²) in [5, 5.41) is 9.69. The van der Waals surface area contributed by atoms with Gasteiger partial charge in [-0.25, -0.2) is 0 Å². The van der Waals surface area contributed by atoms with Gasteiger partial charge in [-0.2, -0.15) is 0 Å². The highest BCUT2D eigenvalue weighted by molar-refractivity contribution is 5.39. The Morgan fingerprint density at radius 1 is 1.25 bits per heavy atom. The Labute approximate surface area is 96.2 Å². The molecule has 0 heterocycles. The van der Waals surface area contributed by atoms with Gasteiger partial charge < -0.3 is 9.84 Å². The van der Waals surface area contributed by atoms with E-state index in [2.05, 4.69) is 6.07 Å². The van der Waals surface area contributed by atoms with E-state index in [1.54, 1.807) is 0 Å². The first kappa shape index (κ1) is 10.2. The van der Waals surface area contributed by atoms with Gasteiger partial charge in [0, 0.05) is 0 Å². The van der Waals surface area contributed by atoms with Crippen LogP contribution in [0.15, 0.2) is 18.2 Å². The Kier molecular flexibility index (Phi) is 2.60. The van der Waals surface area contributed by atoms with Crippen LogP contribution in [0.25, 0.3) is 0 Å². The maximum Gasteiger partial charge on any atom is 0.119 e. The van der Waals surface area contributed by atoms with Crippen molar-refractivity contribution in [2.45, 2.75) is 38.2 Å². The molecule has 0 aliphatic heterocycles. The van der Waals surface area contributed by atoms with E-state index in [0.717, 1.165) is 36.7 Å². The largest absolute Gasteiger partial charge is 0.494 e. The number of benzene rings is 1. The summed E-state index contributed by atoms with van der Waals surface area (Å²) in [7, 11) is 0. The minimum Gasteiger partial charge on any atom is -0.494 e. The summed E-state index contributed by atoms with van der Waals surface area (Å²) in [6.07, 6.45) is 5.56. The molecule has 86 valence electrons. The third-order valence-electron chi connectivity index (χ3n) is 3.65. The van der Waals surface area contributed by atoms with Crippen LogP contribution in [0.1, 0.15) is 42.9 Å². The molecule has 16 heavy (non-hydrogen) atoms. The average Bonchev–Trinajstić information content (AvgIpc) is 3.04. The van der Waals surface area contributed by atoms with E-state index in [1.807, 2.05) is 12.1 Å². The fourth-order valence-electron chi connectivity index (χ4n) is 2.41. The van der Waals surface area contributed by atoms with Gasteiger partial charge >= 0.3 is 0 Å². The first-order chi connectivity index (χ1) is 7.83. The quantitative estimate of drug-likeness (QED) is 0.842. The number of hydrogen-bond acceptors (Lipinski definition) is 2. The molecule has 0 amide bonds. The van der Waals surface area contributed by atoms with E-state index >= 15 is 0 Å². The van der Waals surface area contributed by atoms with Crippen LogP contribution in [-0.4, -0.2) is 11.7 Å². The number of hydrogen-bond donors (Lipinski definition) is 1. The molecule has 1 atom stereocenters. The SMILES string of the molecule is O[C@@H]1CCc2cc(OCCC3CC3)ccc21. The van der Waals surface area contributed by atoms with E-state index in [-0.39, 0.29) is 6.10 Å². The molecule has 0 radical (unpaired) electrons. The molecular formula is C14H18O2. The van der Waals surface area contributed by atoms with Gasteiger partial charge in [-0.3, -0.25) is 0 Å². The fourth-order valence-corrected chi connectivity index (χ4v) is 2.41. The summed E-state index contributed by atoms with van der Waals surface area (Å²) in [5.41, 5.74) is 2.35. The summed E-state index contributed by atoms with van der Waals surface area (Å²) < 4.78 is 5.74. The maximum atomic E-state index is 9.69. The summed E-state index contributed by atoms with van der Waals surface area (Å²) in [6, 6.07) is 6.10. The summed E-state index contributed by atoms with van der Waals surface area (Å²) in [6.45, 7) is 0.839. The number of fused-ring (bicyclic) bond motifs is 1. The lowest BCUT2D eigenvalue weighted by molar-refractivity contribution is 0.180. The van der Waals surface area contributed by atoms with Crippen molar-refractivity contribution < 1.29 is 9.84 Å². The van der Waals surface area contributed by atoms with Crippen molar-refractivity contribution in [3.8, 4) is 5.75 Å². The van der Waals surface area contributed by atoms with Crippen LogP contribution in [0.4, 0.5) is 0 Å². The van der Waals surface area contributed by atoms with E-state index in [0.29, 0.717) is 0 Å². The Morgan fingerprint density at radius 3 is 2.94 bits per heavy atom. The second-order valence-electron chi connectivity index (χ2n) is 5.00. The van der Waals surface area contributed by atoms with Crippen LogP contribution < -0.4 is 4.74 Å². The minimum absolute atomic E-state index is 0.254. The van der Waals surface area contributed by atoms with Gasteiger partial charge in [-0.15, -0.1) is 0 Å². The van der Waals surface area contributed by atoms with Crippen LogP contribution in [0, 0.1) is 5.92 Å². The highest BCUT2D eigenvalue weighted by atomic mass is 16.5. The predicted molar refractivity (Wildman–Crippen MR) is 62.6 cm³/mol. The third-order valence-corrected chi connectivity index (χ3v) is 3.65. The Hall–Kier alpha value is -1.02. The van der Waals surface area contributed by atoms with E-state index in [1.165, 1.54) is 24.8 Å². The zero-order chi connectivity index (χ0) is 11.0. The Bertz CT molecular complexity index is 382. The van der Waals surface area contributed by atoms with Crippen molar-refractivity contribution in [2.24, 2.45) is 5.92 Å². The van der Waals surface area contributed by atoms with Crippen molar-refractivity contribution in [2.75, 3.05) is 6.61 Å². The average molecular weight is 218 g/mol. The van der Waals surface area contributed by atoms with Gasteiger partial charge in [-0.1, -0.05) is 18.9 Å². The molecule has 0 bridgehead atoms. The third kappa shape index (κ3) is 2.07. The summed E-state index contributed by atoms with van der Waals surface area (Å²) >= 11 is 0. The van der Waals surface area contributed by atoms with Crippen molar-refractivity contribution in [1.29, 1.82) is 0 Å². The molecule has 1 saturated carbocycles. The molecule has 0 aromatic heterocycles. The molecule has 3 rings (SSSR count). The van der Waals surface area contributed by atoms with Crippen molar-refractivity contribution >= 4 is 0 Å². The van der Waals surface area contributed by atoms with Gasteiger partial charge in [0.2, 0.25) is 0 Å². The zero-order valence-corrected chi connectivity index (χ0v) is 9.48. The molecule has 0 spiro atoms. The molecule has 2 nitrogen and oxygen atoms in total. The van der Waals surface area contributed by atoms with Crippen molar-refractivity contribution in [1.82, 2.24) is 0 Å². The number of aryl methyl sites for hydroxylation is 1. The number of aliphatic hydroxyl groups excluding tert-OH is 1. The maximum absolute atomic E-state index is 9.69. The van der Waals surface area contributed by atoms with Gasteiger partial charge in [0.1, 0.15) is 5.75 Å². The standard InChI is InChI=1S/C14H18O2/c15-14-6-3-11-9-12(4-5-13(11)14)16-8-7-10-1-2-10/h4-5,9-10,14-15H,1-3,6-8H2/t14-/m1/s1. The highest BCUT2D eigenvalue weighted by Crippen LogP contribution is 2.34. The summed E-state index contributed by atoms with van der Waals surface area (Å²) in [5.74, 6) is 1.89. The molecule has 2 aliphatic carbocycles. The van der Waals surface area contributed by atoms with Gasteiger partial charge in [0.15, 0.2) is 0 Å². The normalized spacial score (nSPS) is 23.2. The van der Waals surface area contributed by atoms with E-state index in [9.17, 15) is 5.11 Å². The molecule has 2 aliphatic rings. The van der Waals surface area contributed by atoms with Crippen molar-refractivity contribution in [3.63, 3.8) is 0 Å². The smallest absolute Gasteiger partial charge is 0.119 e. The first-order valence-electron chi connectivity index (χ1n) is 6.26. The summed E-state index contributed by atoms with van der Waals surface area (Å²) in [4.78, 5) is 0. The van der Waals surface area contributed by atoms with Crippen molar-refractivity contribution in [3.05, 3.63) is 29.3 Å². The molecular weight excluding hydrogens is 200 g/mol. The number of aliphatic hydroxyl groups is 1. The molecule has 0 unspecified atom stereocenters. The van der Waals surface area contributed by atoms with Crippen LogP contribution in [0.2, 0.25) is 0 Å². The van der Waals surface area contributed by atoms with Gasteiger partial charge in [0.05, 0.1) is 12.7 Å². The predicted octanol–water partition coefficient (Wildman–Crippen LogP) is 2.85. The lowest BCUT2D eigenvalue weighted by Crippen LogP contribution is -1.99. The highest BCUT2D eigenvalue weighted by Gasteiger charge is 2.22. The second kappa shape index (κ2) is 4.10. The molecule has 0 saturated heterocycles. The first-order valence-corrected chi connectivity index (χ1v) is 6.26. The fraction of sp³-hybridized carbons (Fsp3) is 0.571.